The third-order valence-corrected chi connectivity index (χ3v) is 6.96. The van der Waals surface area contributed by atoms with E-state index in [-0.39, 0.29) is 24.7 Å². The molecule has 1 atom stereocenters. The molecule has 2 aliphatic heterocycles. The molecule has 2 N–H and O–H groups in total. The highest BCUT2D eigenvalue weighted by Crippen LogP contribution is 2.33. The number of halogens is 2. The summed E-state index contributed by atoms with van der Waals surface area (Å²) >= 11 is 0. The van der Waals surface area contributed by atoms with Crippen LogP contribution < -0.4 is 10.6 Å². The van der Waals surface area contributed by atoms with E-state index in [4.69, 9.17) is 0 Å². The fraction of sp³-hybridized carbons (Fsp3) is 0.423. The Morgan fingerprint density at radius 2 is 1.80 bits per heavy atom. The first-order valence-electron chi connectivity index (χ1n) is 12.0. The van der Waals surface area contributed by atoms with Crippen LogP contribution in [0.1, 0.15) is 48.4 Å². The second-order valence-corrected chi connectivity index (χ2v) is 9.52. The minimum atomic E-state index is -2.52. The van der Waals surface area contributed by atoms with Gasteiger partial charge in [-0.1, -0.05) is 36.4 Å². The number of aryl methyl sites for hydroxylation is 1. The van der Waals surface area contributed by atoms with Crippen molar-refractivity contribution in [3.8, 4) is 0 Å². The van der Waals surface area contributed by atoms with E-state index in [9.17, 15) is 18.4 Å². The number of aromatic nitrogens is 2. The number of carbonyl (C=O) groups is 2. The zero-order chi connectivity index (χ0) is 24.6. The van der Waals surface area contributed by atoms with Gasteiger partial charge in [-0.05, 0) is 23.6 Å². The van der Waals surface area contributed by atoms with Crippen LogP contribution in [0.5, 0.6) is 0 Å². The van der Waals surface area contributed by atoms with E-state index in [1.165, 1.54) is 0 Å². The van der Waals surface area contributed by atoms with Crippen molar-refractivity contribution in [2.75, 3.05) is 18.4 Å². The van der Waals surface area contributed by atoms with Crippen LogP contribution in [-0.2, 0) is 29.7 Å². The number of alkyl halides is 2. The van der Waals surface area contributed by atoms with E-state index in [0.29, 0.717) is 44.7 Å². The SMILES string of the molecule is Cn1nc(C2CCC(=O)NC2=O)c2cccc(NCc3ccc(CN4CCC(F)(F)CC4)cc3)c21. The lowest BCUT2D eigenvalue weighted by Gasteiger charge is -2.31. The minimum Gasteiger partial charge on any atom is -0.379 e. The number of imide groups is 1. The molecule has 2 aromatic carbocycles. The number of para-hydroxylation sites is 1. The van der Waals surface area contributed by atoms with Gasteiger partial charge in [-0.25, -0.2) is 8.78 Å². The Labute approximate surface area is 202 Å². The molecule has 0 radical (unpaired) electrons. The van der Waals surface area contributed by atoms with Crippen LogP contribution >= 0.6 is 0 Å². The predicted molar refractivity (Wildman–Crippen MR) is 129 cm³/mol. The van der Waals surface area contributed by atoms with Crippen molar-refractivity contribution in [1.82, 2.24) is 20.0 Å². The fourth-order valence-corrected chi connectivity index (χ4v) is 4.98. The molecule has 3 heterocycles. The van der Waals surface area contributed by atoms with Crippen LogP contribution in [0.15, 0.2) is 42.5 Å². The van der Waals surface area contributed by atoms with Crippen LogP contribution in [0.3, 0.4) is 0 Å². The maximum Gasteiger partial charge on any atom is 0.250 e. The van der Waals surface area contributed by atoms with Crippen molar-refractivity contribution < 1.29 is 18.4 Å². The number of rotatable bonds is 6. The molecule has 0 bridgehead atoms. The van der Waals surface area contributed by atoms with Crippen molar-refractivity contribution in [2.24, 2.45) is 7.05 Å². The molecular weight excluding hydrogens is 452 g/mol. The Hall–Kier alpha value is -3.33. The molecule has 0 spiro atoms. The highest BCUT2D eigenvalue weighted by atomic mass is 19.3. The van der Waals surface area contributed by atoms with Crippen LogP contribution in [0.25, 0.3) is 10.9 Å². The molecule has 35 heavy (non-hydrogen) atoms. The summed E-state index contributed by atoms with van der Waals surface area (Å²) in [6.07, 6.45) is 0.632. The molecule has 2 fully saturated rings. The van der Waals surface area contributed by atoms with Gasteiger partial charge in [0.2, 0.25) is 11.8 Å². The lowest BCUT2D eigenvalue weighted by Crippen LogP contribution is -2.39. The minimum absolute atomic E-state index is 0.0696. The Bertz CT molecular complexity index is 1240. The number of hydrogen-bond acceptors (Lipinski definition) is 5. The summed E-state index contributed by atoms with van der Waals surface area (Å²) in [6, 6.07) is 14.1. The van der Waals surface area contributed by atoms with Gasteiger partial charge in [0.25, 0.3) is 5.92 Å². The quantitative estimate of drug-likeness (QED) is 0.522. The van der Waals surface area contributed by atoms with Gasteiger partial charge in [0.1, 0.15) is 0 Å². The molecule has 2 aliphatic rings. The third-order valence-electron chi connectivity index (χ3n) is 6.96. The van der Waals surface area contributed by atoms with Gasteiger partial charge in [-0.2, -0.15) is 5.10 Å². The molecule has 1 aromatic heterocycles. The van der Waals surface area contributed by atoms with Crippen molar-refractivity contribution in [3.63, 3.8) is 0 Å². The Kier molecular flexibility index (Phi) is 6.27. The van der Waals surface area contributed by atoms with E-state index < -0.39 is 11.8 Å². The van der Waals surface area contributed by atoms with E-state index in [1.807, 2.05) is 25.2 Å². The maximum absolute atomic E-state index is 13.4. The molecule has 0 saturated carbocycles. The van der Waals surface area contributed by atoms with Crippen LogP contribution in [-0.4, -0.2) is 45.5 Å². The number of nitrogens with zero attached hydrogens (tertiary/aromatic N) is 3. The van der Waals surface area contributed by atoms with Gasteiger partial charge in [0, 0.05) is 57.9 Å². The Balaban J connectivity index is 1.26. The van der Waals surface area contributed by atoms with Gasteiger partial charge in [-0.15, -0.1) is 0 Å². The zero-order valence-corrected chi connectivity index (χ0v) is 19.7. The third kappa shape index (κ3) is 5.05. The summed E-state index contributed by atoms with van der Waals surface area (Å²) < 4.78 is 28.5. The predicted octanol–water partition coefficient (Wildman–Crippen LogP) is 3.94. The van der Waals surface area contributed by atoms with Gasteiger partial charge in [0.05, 0.1) is 22.8 Å². The van der Waals surface area contributed by atoms with Crippen molar-refractivity contribution in [2.45, 2.75) is 50.6 Å². The van der Waals surface area contributed by atoms with Crippen LogP contribution in [0.2, 0.25) is 0 Å². The fourth-order valence-electron chi connectivity index (χ4n) is 4.98. The summed E-state index contributed by atoms with van der Waals surface area (Å²) in [5.74, 6) is -3.49. The number of fused-ring (bicyclic) bond motifs is 1. The molecule has 0 aliphatic carbocycles. The van der Waals surface area contributed by atoms with Gasteiger partial charge in [0.15, 0.2) is 0 Å². The summed E-state index contributed by atoms with van der Waals surface area (Å²) in [5.41, 5.74) is 4.72. The van der Waals surface area contributed by atoms with Crippen LogP contribution in [0.4, 0.5) is 14.5 Å². The number of benzene rings is 2. The highest BCUT2D eigenvalue weighted by Gasteiger charge is 2.34. The zero-order valence-electron chi connectivity index (χ0n) is 19.7. The summed E-state index contributed by atoms with van der Waals surface area (Å²) in [5, 5.41) is 11.4. The maximum atomic E-state index is 13.4. The standard InChI is InChI=1S/C26H29F2N5O2/c1-32-24-19(23(31-32)20-9-10-22(34)30-25(20)35)3-2-4-21(24)29-15-17-5-7-18(8-6-17)16-33-13-11-26(27,28)12-14-33/h2-8,20,29H,9-16H2,1H3,(H,30,34,35). The molecule has 5 rings (SSSR count). The molecule has 2 amide bonds. The number of amides is 2. The number of nitrogens with one attached hydrogen (secondary N) is 2. The molecule has 2 saturated heterocycles. The number of hydrogen-bond donors (Lipinski definition) is 2. The van der Waals surface area contributed by atoms with E-state index in [2.05, 4.69) is 44.9 Å². The lowest BCUT2D eigenvalue weighted by molar-refractivity contribution is -0.134. The van der Waals surface area contributed by atoms with E-state index in [0.717, 1.165) is 27.7 Å². The highest BCUT2D eigenvalue weighted by molar-refractivity contribution is 6.03. The monoisotopic (exact) mass is 481 g/mol. The smallest absolute Gasteiger partial charge is 0.250 e. The Morgan fingerprint density at radius 1 is 1.09 bits per heavy atom. The normalized spacial score (nSPS) is 20.7. The van der Waals surface area contributed by atoms with Gasteiger partial charge < -0.3 is 5.32 Å². The Morgan fingerprint density at radius 3 is 2.51 bits per heavy atom. The molecular formula is C26H29F2N5O2. The second kappa shape index (κ2) is 9.37. The molecule has 184 valence electrons. The summed E-state index contributed by atoms with van der Waals surface area (Å²) in [4.78, 5) is 26.0. The van der Waals surface area contributed by atoms with E-state index in [1.54, 1.807) is 4.68 Å². The number of piperidine rings is 2. The van der Waals surface area contributed by atoms with Crippen molar-refractivity contribution >= 4 is 28.4 Å². The molecule has 1 unspecified atom stereocenters. The first-order valence-corrected chi connectivity index (χ1v) is 12.0. The van der Waals surface area contributed by atoms with E-state index >= 15 is 0 Å². The largest absolute Gasteiger partial charge is 0.379 e. The van der Waals surface area contributed by atoms with Crippen LogP contribution in [0, 0.1) is 0 Å². The topological polar surface area (TPSA) is 79.3 Å². The van der Waals surface area contributed by atoms with Gasteiger partial charge >= 0.3 is 0 Å². The first-order chi connectivity index (χ1) is 16.8. The molecule has 3 aromatic rings. The lowest BCUT2D eigenvalue weighted by atomic mass is 9.92. The van der Waals surface area contributed by atoms with Crippen molar-refractivity contribution in [3.05, 3.63) is 59.3 Å². The first kappa shape index (κ1) is 23.4. The molecule has 7 nitrogen and oxygen atoms in total. The molecule has 9 heteroatoms. The average molecular weight is 482 g/mol. The van der Waals surface area contributed by atoms with Gasteiger partial charge in [-0.3, -0.25) is 24.5 Å². The number of carbonyl (C=O) groups excluding carboxylic acids is 2. The second-order valence-electron chi connectivity index (χ2n) is 9.52. The summed E-state index contributed by atoms with van der Waals surface area (Å²) in [6.45, 7) is 2.13. The number of likely N-dealkylation sites (tertiary alicyclic amines) is 1. The van der Waals surface area contributed by atoms with Crippen molar-refractivity contribution in [1.29, 1.82) is 0 Å². The average Bonchev–Trinajstić information content (AvgIpc) is 3.17. The summed E-state index contributed by atoms with van der Waals surface area (Å²) in [7, 11) is 1.86. The number of anilines is 1.